The molecule has 0 heterocycles. The molecule has 1 atom stereocenters. The molecule has 1 aliphatic rings. The minimum atomic E-state index is -1.09. The van der Waals surface area contributed by atoms with E-state index >= 15 is 0 Å². The molecule has 124 valence electrons. The number of para-hydroxylation sites is 2. The number of nitro benzene ring substituents is 1. The zero-order chi connectivity index (χ0) is 17.1. The minimum Gasteiger partial charge on any atom is -0.469 e. The molecule has 3 rings (SSSR count). The van der Waals surface area contributed by atoms with E-state index in [1.807, 2.05) is 0 Å². The Bertz CT molecular complexity index is 759. The van der Waals surface area contributed by atoms with E-state index < -0.39 is 22.8 Å². The van der Waals surface area contributed by atoms with Gasteiger partial charge in [-0.15, -0.1) is 0 Å². The fourth-order valence-electron chi connectivity index (χ4n) is 2.25. The quantitative estimate of drug-likeness (QED) is 0.652. The highest BCUT2D eigenvalue weighted by molar-refractivity contribution is 5.83. The van der Waals surface area contributed by atoms with Crippen LogP contribution in [0.25, 0.3) is 0 Å². The molecule has 2 aromatic rings. The van der Waals surface area contributed by atoms with E-state index in [0.29, 0.717) is 5.56 Å². The largest absolute Gasteiger partial charge is 0.469 e. The van der Waals surface area contributed by atoms with E-state index in [9.17, 15) is 19.3 Å². The summed E-state index contributed by atoms with van der Waals surface area (Å²) in [4.78, 5) is 23.0. The lowest BCUT2D eigenvalue weighted by molar-refractivity contribution is -0.386. The standard InChI is InChI=1S/C17H15FN2O4/c18-12-7-5-11(6-8-12)16(17(21)19-13-9-10-13)24-15-4-2-1-3-14(15)20(22)23/h1-8,13,16H,9-10H2,(H,19,21)/t16-/m0/s1. The molecule has 1 aliphatic carbocycles. The second kappa shape index (κ2) is 6.66. The number of nitrogens with one attached hydrogen (secondary N) is 1. The van der Waals surface area contributed by atoms with Crippen molar-refractivity contribution in [2.45, 2.75) is 25.0 Å². The third-order valence-corrected chi connectivity index (χ3v) is 3.64. The fourth-order valence-corrected chi connectivity index (χ4v) is 2.25. The Morgan fingerprint density at radius 3 is 2.50 bits per heavy atom. The molecule has 2 aromatic carbocycles. The van der Waals surface area contributed by atoms with Gasteiger partial charge < -0.3 is 10.1 Å². The molecule has 1 saturated carbocycles. The van der Waals surface area contributed by atoms with Gasteiger partial charge >= 0.3 is 5.69 Å². The topological polar surface area (TPSA) is 81.5 Å². The maximum absolute atomic E-state index is 13.1. The summed E-state index contributed by atoms with van der Waals surface area (Å²) in [6.07, 6.45) is 0.702. The second-order valence-electron chi connectivity index (χ2n) is 5.56. The van der Waals surface area contributed by atoms with Crippen LogP contribution in [0.1, 0.15) is 24.5 Å². The van der Waals surface area contributed by atoms with Crippen LogP contribution in [-0.4, -0.2) is 16.9 Å². The van der Waals surface area contributed by atoms with E-state index in [1.54, 1.807) is 6.07 Å². The molecule has 1 fully saturated rings. The van der Waals surface area contributed by atoms with Crippen molar-refractivity contribution in [2.75, 3.05) is 0 Å². The molecular weight excluding hydrogens is 315 g/mol. The summed E-state index contributed by atoms with van der Waals surface area (Å²) >= 11 is 0. The summed E-state index contributed by atoms with van der Waals surface area (Å²) < 4.78 is 18.8. The first-order chi connectivity index (χ1) is 11.5. The number of carbonyl (C=O) groups excluding carboxylic acids is 1. The van der Waals surface area contributed by atoms with Crippen LogP contribution in [0.4, 0.5) is 10.1 Å². The maximum atomic E-state index is 13.1. The lowest BCUT2D eigenvalue weighted by Gasteiger charge is -2.19. The number of rotatable bonds is 6. The van der Waals surface area contributed by atoms with Crippen molar-refractivity contribution in [3.8, 4) is 5.75 Å². The molecule has 0 aromatic heterocycles. The predicted molar refractivity (Wildman–Crippen MR) is 84.0 cm³/mol. The van der Waals surface area contributed by atoms with Crippen molar-refractivity contribution in [2.24, 2.45) is 0 Å². The van der Waals surface area contributed by atoms with Gasteiger partial charge in [0.25, 0.3) is 5.91 Å². The van der Waals surface area contributed by atoms with Crippen molar-refractivity contribution in [3.05, 3.63) is 70.0 Å². The summed E-state index contributed by atoms with van der Waals surface area (Å²) in [5, 5.41) is 13.9. The normalized spacial score (nSPS) is 14.7. The zero-order valence-electron chi connectivity index (χ0n) is 12.6. The van der Waals surface area contributed by atoms with Crippen LogP contribution in [0.15, 0.2) is 48.5 Å². The number of nitrogens with zero attached hydrogens (tertiary/aromatic N) is 1. The molecule has 0 saturated heterocycles. The minimum absolute atomic E-state index is 0.0113. The van der Waals surface area contributed by atoms with Crippen molar-refractivity contribution in [1.29, 1.82) is 0 Å². The number of benzene rings is 2. The molecular formula is C17H15FN2O4. The van der Waals surface area contributed by atoms with Gasteiger partial charge in [-0.05, 0) is 31.0 Å². The molecule has 0 radical (unpaired) electrons. The monoisotopic (exact) mass is 330 g/mol. The number of hydrogen-bond donors (Lipinski definition) is 1. The van der Waals surface area contributed by atoms with Crippen LogP contribution >= 0.6 is 0 Å². The Labute approximate surface area is 137 Å². The molecule has 0 spiro atoms. The highest BCUT2D eigenvalue weighted by Gasteiger charge is 2.31. The summed E-state index contributed by atoms with van der Waals surface area (Å²) in [5.74, 6) is -0.851. The Morgan fingerprint density at radius 2 is 1.88 bits per heavy atom. The highest BCUT2D eigenvalue weighted by atomic mass is 19.1. The van der Waals surface area contributed by atoms with Gasteiger partial charge in [0, 0.05) is 17.7 Å². The number of halogens is 1. The first-order valence-corrected chi connectivity index (χ1v) is 7.50. The first kappa shape index (κ1) is 15.9. The van der Waals surface area contributed by atoms with Gasteiger partial charge in [0.15, 0.2) is 5.75 Å². The Morgan fingerprint density at radius 1 is 1.21 bits per heavy atom. The van der Waals surface area contributed by atoms with E-state index in [-0.39, 0.29) is 17.5 Å². The van der Waals surface area contributed by atoms with Gasteiger partial charge in [-0.3, -0.25) is 14.9 Å². The van der Waals surface area contributed by atoms with Crippen LogP contribution in [0.2, 0.25) is 0 Å². The van der Waals surface area contributed by atoms with Crippen molar-refractivity contribution in [3.63, 3.8) is 0 Å². The van der Waals surface area contributed by atoms with E-state index in [4.69, 9.17) is 4.74 Å². The molecule has 0 bridgehead atoms. The third kappa shape index (κ3) is 3.68. The van der Waals surface area contributed by atoms with Crippen LogP contribution < -0.4 is 10.1 Å². The SMILES string of the molecule is O=C(NC1CC1)[C@@H](Oc1ccccc1[N+](=O)[O-])c1ccc(F)cc1. The van der Waals surface area contributed by atoms with Gasteiger partial charge in [-0.2, -0.15) is 0 Å². The number of ether oxygens (including phenoxy) is 1. The maximum Gasteiger partial charge on any atom is 0.310 e. The summed E-state index contributed by atoms with van der Waals surface area (Å²) in [7, 11) is 0. The number of hydrogen-bond acceptors (Lipinski definition) is 4. The Kier molecular flexibility index (Phi) is 4.41. The van der Waals surface area contributed by atoms with E-state index in [1.165, 1.54) is 42.5 Å². The number of amides is 1. The van der Waals surface area contributed by atoms with Crippen molar-refractivity contribution in [1.82, 2.24) is 5.32 Å². The lowest BCUT2D eigenvalue weighted by Crippen LogP contribution is -2.34. The van der Waals surface area contributed by atoms with E-state index in [2.05, 4.69) is 5.32 Å². The average molecular weight is 330 g/mol. The summed E-state index contributed by atoms with van der Waals surface area (Å²) in [6, 6.07) is 11.2. The fraction of sp³-hybridized carbons (Fsp3) is 0.235. The smallest absolute Gasteiger partial charge is 0.310 e. The van der Waals surface area contributed by atoms with Crippen molar-refractivity contribution >= 4 is 11.6 Å². The molecule has 7 heteroatoms. The third-order valence-electron chi connectivity index (χ3n) is 3.64. The van der Waals surface area contributed by atoms with Crippen molar-refractivity contribution < 1.29 is 18.8 Å². The van der Waals surface area contributed by atoms with Crippen LogP contribution in [0, 0.1) is 15.9 Å². The average Bonchev–Trinajstić information content (AvgIpc) is 3.37. The van der Waals surface area contributed by atoms with Gasteiger partial charge in [-0.1, -0.05) is 24.3 Å². The molecule has 24 heavy (non-hydrogen) atoms. The van der Waals surface area contributed by atoms with Gasteiger partial charge in [-0.25, -0.2) is 4.39 Å². The molecule has 6 nitrogen and oxygen atoms in total. The molecule has 1 amide bonds. The number of nitro groups is 1. The van der Waals surface area contributed by atoms with Gasteiger partial charge in [0.05, 0.1) is 4.92 Å². The zero-order valence-corrected chi connectivity index (χ0v) is 12.6. The van der Waals surface area contributed by atoms with Gasteiger partial charge in [0.2, 0.25) is 6.10 Å². The van der Waals surface area contributed by atoms with Crippen LogP contribution in [-0.2, 0) is 4.79 Å². The lowest BCUT2D eigenvalue weighted by atomic mass is 10.1. The van der Waals surface area contributed by atoms with Crippen LogP contribution in [0.3, 0.4) is 0 Å². The van der Waals surface area contributed by atoms with Crippen LogP contribution in [0.5, 0.6) is 5.75 Å². The Hall–Kier alpha value is -2.96. The highest BCUT2D eigenvalue weighted by Crippen LogP contribution is 2.31. The number of carbonyl (C=O) groups is 1. The first-order valence-electron chi connectivity index (χ1n) is 7.50. The van der Waals surface area contributed by atoms with E-state index in [0.717, 1.165) is 12.8 Å². The molecule has 0 unspecified atom stereocenters. The molecule has 0 aliphatic heterocycles. The summed E-state index contributed by atoms with van der Waals surface area (Å²) in [5.41, 5.74) is 0.191. The summed E-state index contributed by atoms with van der Waals surface area (Å²) in [6.45, 7) is 0. The predicted octanol–water partition coefficient (Wildman–Crippen LogP) is 3.13. The second-order valence-corrected chi connectivity index (χ2v) is 5.56. The Balaban J connectivity index is 1.91. The molecule has 1 N–H and O–H groups in total. The van der Waals surface area contributed by atoms with Gasteiger partial charge in [0.1, 0.15) is 5.82 Å².